The first-order chi connectivity index (χ1) is 11.1. The standard InChI is InChI=1S/C17H10ClN3O2/c18-14-3-1-2-12-15(14)20-9-13(16(12)22)17(23)21-11-6-4-10(8-19)5-7-11/h1-7,9H,(H,20,22)(H,21,23). The van der Waals surface area contributed by atoms with Crippen molar-refractivity contribution in [3.63, 3.8) is 0 Å². The number of hydrogen-bond donors (Lipinski definition) is 2. The van der Waals surface area contributed by atoms with Crippen molar-refractivity contribution in [3.05, 3.63) is 75.0 Å². The van der Waals surface area contributed by atoms with Crippen LogP contribution in [0.3, 0.4) is 0 Å². The fourth-order valence-electron chi connectivity index (χ4n) is 2.21. The van der Waals surface area contributed by atoms with Gasteiger partial charge in [-0.3, -0.25) is 9.59 Å². The number of H-pyrrole nitrogens is 1. The largest absolute Gasteiger partial charge is 0.359 e. The molecule has 3 rings (SSSR count). The van der Waals surface area contributed by atoms with Gasteiger partial charge in [0.15, 0.2) is 0 Å². The number of nitriles is 1. The molecule has 2 aromatic carbocycles. The van der Waals surface area contributed by atoms with Crippen molar-refractivity contribution < 1.29 is 4.79 Å². The fraction of sp³-hybridized carbons (Fsp3) is 0. The van der Waals surface area contributed by atoms with Crippen LogP contribution in [-0.4, -0.2) is 10.9 Å². The Balaban J connectivity index is 1.96. The second-order valence-corrected chi connectivity index (χ2v) is 5.24. The van der Waals surface area contributed by atoms with E-state index in [4.69, 9.17) is 16.9 Å². The fourth-order valence-corrected chi connectivity index (χ4v) is 2.44. The maximum Gasteiger partial charge on any atom is 0.261 e. The quantitative estimate of drug-likeness (QED) is 0.758. The highest BCUT2D eigenvalue weighted by Gasteiger charge is 2.14. The van der Waals surface area contributed by atoms with Crippen LogP contribution in [0.1, 0.15) is 15.9 Å². The molecule has 0 bridgehead atoms. The average Bonchev–Trinajstić information content (AvgIpc) is 2.56. The molecule has 3 aromatic rings. The normalized spacial score (nSPS) is 10.3. The molecule has 1 amide bonds. The molecule has 1 heterocycles. The first kappa shape index (κ1) is 14.8. The summed E-state index contributed by atoms with van der Waals surface area (Å²) >= 11 is 6.02. The third-order valence-electron chi connectivity index (χ3n) is 3.38. The van der Waals surface area contributed by atoms with E-state index in [2.05, 4.69) is 10.3 Å². The summed E-state index contributed by atoms with van der Waals surface area (Å²) in [5, 5.41) is 12.1. The first-order valence-corrected chi connectivity index (χ1v) is 7.09. The summed E-state index contributed by atoms with van der Waals surface area (Å²) in [5.74, 6) is -0.530. The van der Waals surface area contributed by atoms with Crippen molar-refractivity contribution in [1.82, 2.24) is 4.98 Å². The summed E-state index contributed by atoms with van der Waals surface area (Å²) in [7, 11) is 0. The molecule has 1 aromatic heterocycles. The number of fused-ring (bicyclic) bond motifs is 1. The van der Waals surface area contributed by atoms with E-state index in [-0.39, 0.29) is 5.56 Å². The van der Waals surface area contributed by atoms with Crippen molar-refractivity contribution in [2.45, 2.75) is 0 Å². The molecule has 0 spiro atoms. The second-order valence-electron chi connectivity index (χ2n) is 4.84. The van der Waals surface area contributed by atoms with Gasteiger partial charge in [0.2, 0.25) is 5.43 Å². The number of para-hydroxylation sites is 1. The Morgan fingerprint density at radius 2 is 1.91 bits per heavy atom. The minimum atomic E-state index is -0.530. The van der Waals surface area contributed by atoms with Gasteiger partial charge in [0.1, 0.15) is 5.56 Å². The number of nitrogens with zero attached hydrogens (tertiary/aromatic N) is 1. The van der Waals surface area contributed by atoms with E-state index in [1.165, 1.54) is 6.20 Å². The van der Waals surface area contributed by atoms with Crippen molar-refractivity contribution >= 4 is 34.1 Å². The number of hydrogen-bond acceptors (Lipinski definition) is 3. The first-order valence-electron chi connectivity index (χ1n) is 6.71. The Morgan fingerprint density at radius 1 is 1.17 bits per heavy atom. The third kappa shape index (κ3) is 2.80. The maximum absolute atomic E-state index is 12.4. The molecule has 0 aliphatic carbocycles. The van der Waals surface area contributed by atoms with Crippen molar-refractivity contribution in [2.24, 2.45) is 0 Å². The maximum atomic E-state index is 12.4. The number of carbonyl (C=O) groups is 1. The predicted molar refractivity (Wildman–Crippen MR) is 88.7 cm³/mol. The van der Waals surface area contributed by atoms with Crippen LogP contribution in [0.5, 0.6) is 0 Å². The van der Waals surface area contributed by atoms with Crippen molar-refractivity contribution in [2.75, 3.05) is 5.32 Å². The number of rotatable bonds is 2. The van der Waals surface area contributed by atoms with Crippen LogP contribution >= 0.6 is 11.6 Å². The Bertz CT molecular complexity index is 1000. The third-order valence-corrected chi connectivity index (χ3v) is 3.70. The number of halogens is 1. The number of aromatic nitrogens is 1. The summed E-state index contributed by atoms with van der Waals surface area (Å²) in [5.41, 5.74) is 1.08. The molecular weight excluding hydrogens is 314 g/mol. The molecule has 23 heavy (non-hydrogen) atoms. The van der Waals surface area contributed by atoms with Crippen molar-refractivity contribution in [1.29, 1.82) is 5.26 Å². The summed E-state index contributed by atoms with van der Waals surface area (Å²) in [6.07, 6.45) is 1.34. The Morgan fingerprint density at radius 3 is 2.61 bits per heavy atom. The van der Waals surface area contributed by atoms with Gasteiger partial charge in [0.25, 0.3) is 5.91 Å². The molecule has 6 heteroatoms. The zero-order valence-electron chi connectivity index (χ0n) is 11.8. The number of anilines is 1. The molecule has 2 N–H and O–H groups in total. The van der Waals surface area contributed by atoms with Crippen LogP contribution in [0.2, 0.25) is 5.02 Å². The number of pyridine rings is 1. The van der Waals surface area contributed by atoms with Gasteiger partial charge in [-0.15, -0.1) is 0 Å². The lowest BCUT2D eigenvalue weighted by Gasteiger charge is -2.06. The highest BCUT2D eigenvalue weighted by molar-refractivity contribution is 6.35. The highest BCUT2D eigenvalue weighted by Crippen LogP contribution is 2.19. The van der Waals surface area contributed by atoms with Crippen LogP contribution in [0.15, 0.2) is 53.5 Å². The van der Waals surface area contributed by atoms with Gasteiger partial charge in [-0.2, -0.15) is 5.26 Å². The van der Waals surface area contributed by atoms with Crippen LogP contribution in [0.4, 0.5) is 5.69 Å². The van der Waals surface area contributed by atoms with E-state index >= 15 is 0 Å². The molecule has 0 aliphatic heterocycles. The molecule has 0 radical (unpaired) electrons. The second kappa shape index (κ2) is 5.95. The number of amides is 1. The van der Waals surface area contributed by atoms with E-state index < -0.39 is 11.3 Å². The average molecular weight is 324 g/mol. The zero-order valence-corrected chi connectivity index (χ0v) is 12.5. The number of aromatic amines is 1. The highest BCUT2D eigenvalue weighted by atomic mass is 35.5. The van der Waals surface area contributed by atoms with Crippen LogP contribution < -0.4 is 10.7 Å². The summed E-state index contributed by atoms with van der Waals surface area (Å²) in [6.45, 7) is 0. The van der Waals surface area contributed by atoms with Gasteiger partial charge in [0, 0.05) is 17.3 Å². The van der Waals surface area contributed by atoms with E-state index in [1.54, 1.807) is 42.5 Å². The van der Waals surface area contributed by atoms with Crippen LogP contribution in [0, 0.1) is 11.3 Å². The Hall–Kier alpha value is -3.10. The van der Waals surface area contributed by atoms with Gasteiger partial charge in [-0.25, -0.2) is 0 Å². The van der Waals surface area contributed by atoms with E-state index in [1.807, 2.05) is 6.07 Å². The minimum Gasteiger partial charge on any atom is -0.359 e. The van der Waals surface area contributed by atoms with E-state index in [9.17, 15) is 9.59 Å². The lowest BCUT2D eigenvalue weighted by molar-refractivity contribution is 0.102. The Labute approximate surface area is 136 Å². The molecule has 0 unspecified atom stereocenters. The topological polar surface area (TPSA) is 85.8 Å². The molecule has 0 fully saturated rings. The molecule has 5 nitrogen and oxygen atoms in total. The summed E-state index contributed by atoms with van der Waals surface area (Å²) in [6, 6.07) is 13.3. The smallest absolute Gasteiger partial charge is 0.261 e. The van der Waals surface area contributed by atoms with E-state index in [0.29, 0.717) is 27.2 Å². The van der Waals surface area contributed by atoms with Gasteiger partial charge < -0.3 is 10.3 Å². The van der Waals surface area contributed by atoms with Gasteiger partial charge in [-0.1, -0.05) is 17.7 Å². The number of nitrogens with one attached hydrogen (secondary N) is 2. The lowest BCUT2D eigenvalue weighted by Crippen LogP contribution is -2.22. The molecular formula is C17H10ClN3O2. The number of benzene rings is 2. The lowest BCUT2D eigenvalue weighted by atomic mass is 10.1. The van der Waals surface area contributed by atoms with Crippen LogP contribution in [-0.2, 0) is 0 Å². The monoisotopic (exact) mass is 323 g/mol. The molecule has 112 valence electrons. The van der Waals surface area contributed by atoms with Crippen LogP contribution in [0.25, 0.3) is 10.9 Å². The SMILES string of the molecule is N#Cc1ccc(NC(=O)c2c[nH]c3c(Cl)cccc3c2=O)cc1. The molecule has 0 aliphatic rings. The molecule has 0 saturated carbocycles. The zero-order chi connectivity index (χ0) is 16.4. The van der Waals surface area contributed by atoms with Gasteiger partial charge in [-0.05, 0) is 36.4 Å². The molecule has 0 saturated heterocycles. The van der Waals surface area contributed by atoms with Crippen molar-refractivity contribution in [3.8, 4) is 6.07 Å². The Kier molecular flexibility index (Phi) is 3.83. The number of carbonyl (C=O) groups excluding carboxylic acids is 1. The molecule has 0 atom stereocenters. The minimum absolute atomic E-state index is 0.0101. The van der Waals surface area contributed by atoms with Gasteiger partial charge in [0.05, 0.1) is 22.2 Å². The predicted octanol–water partition coefficient (Wildman–Crippen LogP) is 3.31. The summed E-state index contributed by atoms with van der Waals surface area (Å²) < 4.78 is 0. The van der Waals surface area contributed by atoms with Gasteiger partial charge >= 0.3 is 0 Å². The summed E-state index contributed by atoms with van der Waals surface area (Å²) in [4.78, 5) is 27.6. The van der Waals surface area contributed by atoms with E-state index in [0.717, 1.165) is 0 Å².